The molecule has 0 atom stereocenters. The molecule has 0 amide bonds. The molecule has 1 saturated heterocycles. The molecule has 3 rings (SSSR count). The van der Waals surface area contributed by atoms with Gasteiger partial charge in [-0.15, -0.1) is 0 Å². The zero-order valence-corrected chi connectivity index (χ0v) is 17.3. The van der Waals surface area contributed by atoms with Gasteiger partial charge >= 0.3 is 6.61 Å². The van der Waals surface area contributed by atoms with Crippen LogP contribution in [-0.4, -0.2) is 26.1 Å². The van der Waals surface area contributed by atoms with Crippen molar-refractivity contribution in [1.82, 2.24) is 0 Å². The maximum atomic E-state index is 12.4. The highest BCUT2D eigenvalue weighted by molar-refractivity contribution is 6.32. The number of halogens is 3. The minimum Gasteiger partial charge on any atom is -0.433 e. The van der Waals surface area contributed by atoms with Gasteiger partial charge in [-0.1, -0.05) is 31.0 Å². The largest absolute Gasteiger partial charge is 0.433 e. The topological polar surface area (TPSA) is 27.7 Å². The van der Waals surface area contributed by atoms with Crippen molar-refractivity contribution in [2.24, 2.45) is 11.8 Å². The number of ether oxygens (including phenoxy) is 3. The Morgan fingerprint density at radius 2 is 1.75 bits per heavy atom. The predicted octanol–water partition coefficient (Wildman–Crippen LogP) is 6.78. The summed E-state index contributed by atoms with van der Waals surface area (Å²) in [5.41, 5.74) is 1.12. The summed E-state index contributed by atoms with van der Waals surface area (Å²) in [6.07, 6.45) is 8.96. The van der Waals surface area contributed by atoms with Gasteiger partial charge in [-0.3, -0.25) is 0 Å². The molecule has 1 aliphatic heterocycles. The summed E-state index contributed by atoms with van der Waals surface area (Å²) in [7, 11) is 0. The van der Waals surface area contributed by atoms with E-state index in [0.29, 0.717) is 17.8 Å². The van der Waals surface area contributed by atoms with E-state index >= 15 is 0 Å². The second-order valence-corrected chi connectivity index (χ2v) is 8.52. The summed E-state index contributed by atoms with van der Waals surface area (Å²) in [5, 5.41) is 0.257. The standard InChI is InChI=1S/C22H31ClF2O3/c1-2-3-16-13-26-21(27-14-16)11-6-15-4-7-17(8-5-15)18-9-10-20(19(23)12-18)28-22(24)25/h9-10,12,15-17,21-22H,2-8,11,13-14H2,1H3. The van der Waals surface area contributed by atoms with E-state index in [9.17, 15) is 8.78 Å². The molecule has 1 aliphatic carbocycles. The normalized spacial score (nSPS) is 28.5. The lowest BCUT2D eigenvalue weighted by atomic mass is 9.77. The van der Waals surface area contributed by atoms with Crippen molar-refractivity contribution in [3.05, 3.63) is 28.8 Å². The van der Waals surface area contributed by atoms with Gasteiger partial charge in [0.25, 0.3) is 0 Å². The minimum atomic E-state index is -2.85. The van der Waals surface area contributed by atoms with Crippen molar-refractivity contribution < 1.29 is 23.0 Å². The maximum absolute atomic E-state index is 12.4. The van der Waals surface area contributed by atoms with Crippen LogP contribution in [-0.2, 0) is 9.47 Å². The van der Waals surface area contributed by atoms with Crippen LogP contribution in [0.5, 0.6) is 5.75 Å². The molecule has 1 aromatic carbocycles. The second-order valence-electron chi connectivity index (χ2n) is 8.11. The Hall–Kier alpha value is -0.910. The van der Waals surface area contributed by atoms with Crippen LogP contribution in [0.15, 0.2) is 18.2 Å². The number of hydrogen-bond acceptors (Lipinski definition) is 3. The highest BCUT2D eigenvalue weighted by atomic mass is 35.5. The van der Waals surface area contributed by atoms with Crippen LogP contribution in [0, 0.1) is 11.8 Å². The van der Waals surface area contributed by atoms with Crippen LogP contribution in [0.25, 0.3) is 0 Å². The molecule has 1 saturated carbocycles. The van der Waals surface area contributed by atoms with Gasteiger partial charge in [-0.25, -0.2) is 0 Å². The van der Waals surface area contributed by atoms with E-state index in [2.05, 4.69) is 11.7 Å². The maximum Gasteiger partial charge on any atom is 0.387 e. The number of hydrogen-bond donors (Lipinski definition) is 0. The van der Waals surface area contributed by atoms with Crippen molar-refractivity contribution in [3.63, 3.8) is 0 Å². The van der Waals surface area contributed by atoms with Gasteiger partial charge in [0.1, 0.15) is 5.75 Å². The monoisotopic (exact) mass is 416 g/mol. The van der Waals surface area contributed by atoms with Gasteiger partial charge in [0, 0.05) is 5.92 Å². The predicted molar refractivity (Wildman–Crippen MR) is 106 cm³/mol. The lowest BCUT2D eigenvalue weighted by Crippen LogP contribution is -2.32. The summed E-state index contributed by atoms with van der Waals surface area (Å²) in [4.78, 5) is 0. The van der Waals surface area contributed by atoms with E-state index < -0.39 is 6.61 Å². The molecule has 2 aliphatic rings. The Bertz CT molecular complexity index is 597. The highest BCUT2D eigenvalue weighted by Crippen LogP contribution is 2.40. The Morgan fingerprint density at radius 1 is 1.04 bits per heavy atom. The van der Waals surface area contributed by atoms with Crippen molar-refractivity contribution in [3.8, 4) is 5.75 Å². The highest BCUT2D eigenvalue weighted by Gasteiger charge is 2.26. The first-order valence-electron chi connectivity index (χ1n) is 10.5. The summed E-state index contributed by atoms with van der Waals surface area (Å²) in [5.74, 6) is 1.74. The lowest BCUT2D eigenvalue weighted by Gasteiger charge is -2.32. The first-order chi connectivity index (χ1) is 13.5. The average molecular weight is 417 g/mol. The summed E-state index contributed by atoms with van der Waals surface area (Å²) in [6.45, 7) is 1.00. The third kappa shape index (κ3) is 6.30. The van der Waals surface area contributed by atoms with Crippen molar-refractivity contribution in [2.45, 2.75) is 77.1 Å². The molecule has 1 aromatic rings. The third-order valence-electron chi connectivity index (χ3n) is 6.03. The third-order valence-corrected chi connectivity index (χ3v) is 6.33. The first-order valence-corrected chi connectivity index (χ1v) is 10.9. The van der Waals surface area contributed by atoms with Crippen molar-refractivity contribution in [2.75, 3.05) is 13.2 Å². The molecule has 28 heavy (non-hydrogen) atoms. The molecule has 3 nitrogen and oxygen atoms in total. The lowest BCUT2D eigenvalue weighted by molar-refractivity contribution is -0.205. The average Bonchev–Trinajstić information content (AvgIpc) is 2.69. The fourth-order valence-electron chi connectivity index (χ4n) is 4.44. The van der Waals surface area contributed by atoms with E-state index in [1.807, 2.05) is 6.07 Å². The smallest absolute Gasteiger partial charge is 0.387 e. The van der Waals surface area contributed by atoms with Gasteiger partial charge in [-0.2, -0.15) is 8.78 Å². The number of benzene rings is 1. The Balaban J connectivity index is 1.39. The number of rotatable bonds is 8. The molecule has 6 heteroatoms. The molecule has 0 aromatic heterocycles. The van der Waals surface area contributed by atoms with Crippen LogP contribution < -0.4 is 4.74 Å². The fraction of sp³-hybridized carbons (Fsp3) is 0.727. The van der Waals surface area contributed by atoms with E-state index in [1.165, 1.54) is 25.7 Å². The Labute approximate surface area is 171 Å². The molecule has 0 N–H and O–H groups in total. The molecule has 0 spiro atoms. The van der Waals surface area contributed by atoms with E-state index in [-0.39, 0.29) is 17.1 Å². The fourth-order valence-corrected chi connectivity index (χ4v) is 4.68. The molecular formula is C22H31ClF2O3. The molecule has 0 unspecified atom stereocenters. The molecule has 158 valence electrons. The molecule has 2 fully saturated rings. The Morgan fingerprint density at radius 3 is 2.36 bits per heavy atom. The van der Waals surface area contributed by atoms with Gasteiger partial charge in [0.05, 0.1) is 18.2 Å². The van der Waals surface area contributed by atoms with Crippen molar-refractivity contribution >= 4 is 11.6 Å². The minimum absolute atomic E-state index is 0.0352. The first kappa shape index (κ1) is 21.8. The molecule has 1 heterocycles. The van der Waals surface area contributed by atoms with Crippen LogP contribution in [0.4, 0.5) is 8.78 Å². The van der Waals surface area contributed by atoms with Crippen LogP contribution >= 0.6 is 11.6 Å². The molecule has 0 bridgehead atoms. The van der Waals surface area contributed by atoms with Crippen LogP contribution in [0.3, 0.4) is 0 Å². The Kier molecular flexibility index (Phi) is 8.36. The SMILES string of the molecule is CCCC1COC(CCC2CCC(c3ccc(OC(F)F)c(Cl)c3)CC2)OC1. The van der Waals surface area contributed by atoms with Gasteiger partial charge < -0.3 is 14.2 Å². The van der Waals surface area contributed by atoms with E-state index in [0.717, 1.165) is 44.5 Å². The van der Waals surface area contributed by atoms with Gasteiger partial charge in [0.2, 0.25) is 0 Å². The molecular weight excluding hydrogens is 386 g/mol. The van der Waals surface area contributed by atoms with E-state index in [1.54, 1.807) is 12.1 Å². The zero-order chi connectivity index (χ0) is 19.9. The summed E-state index contributed by atoms with van der Waals surface area (Å²) >= 11 is 6.10. The quantitative estimate of drug-likeness (QED) is 0.467. The van der Waals surface area contributed by atoms with Crippen molar-refractivity contribution in [1.29, 1.82) is 0 Å². The summed E-state index contributed by atoms with van der Waals surface area (Å²) < 4.78 is 40.9. The van der Waals surface area contributed by atoms with Gasteiger partial charge in [-0.05, 0) is 74.5 Å². The van der Waals surface area contributed by atoms with Crippen LogP contribution in [0.2, 0.25) is 5.02 Å². The van der Waals surface area contributed by atoms with Gasteiger partial charge in [0.15, 0.2) is 6.29 Å². The van der Waals surface area contributed by atoms with E-state index in [4.69, 9.17) is 21.1 Å². The second kappa shape index (κ2) is 10.7. The summed E-state index contributed by atoms with van der Waals surface area (Å²) in [6, 6.07) is 5.20. The van der Waals surface area contributed by atoms with Crippen LogP contribution in [0.1, 0.15) is 69.8 Å². The number of alkyl halides is 2. The zero-order valence-electron chi connectivity index (χ0n) is 16.5. The molecule has 0 radical (unpaired) electrons.